The number of amides is 1. The van der Waals surface area contributed by atoms with E-state index in [4.69, 9.17) is 5.73 Å². The Morgan fingerprint density at radius 1 is 1.44 bits per heavy atom. The van der Waals surface area contributed by atoms with Crippen molar-refractivity contribution in [3.63, 3.8) is 0 Å². The molecule has 0 bridgehead atoms. The Bertz CT molecular complexity index is 581. The third-order valence-electron chi connectivity index (χ3n) is 4.94. The summed E-state index contributed by atoms with van der Waals surface area (Å²) < 4.78 is 28.2. The van der Waals surface area contributed by atoms with Crippen molar-refractivity contribution in [2.45, 2.75) is 50.6 Å². The van der Waals surface area contributed by atoms with Crippen LogP contribution in [0.4, 0.5) is 8.78 Å². The predicted molar refractivity (Wildman–Crippen MR) is 98.4 cm³/mol. The van der Waals surface area contributed by atoms with Gasteiger partial charge in [0.2, 0.25) is 5.91 Å². The summed E-state index contributed by atoms with van der Waals surface area (Å²) in [6.45, 7) is 5.18. The van der Waals surface area contributed by atoms with Crippen LogP contribution in [0, 0.1) is 17.6 Å². The van der Waals surface area contributed by atoms with Gasteiger partial charge in [0.15, 0.2) is 0 Å². The Hall–Kier alpha value is -1.18. The van der Waals surface area contributed by atoms with Gasteiger partial charge in [-0.05, 0) is 24.5 Å². The zero-order valence-electron chi connectivity index (χ0n) is 14.7. The van der Waals surface area contributed by atoms with E-state index in [9.17, 15) is 13.6 Å². The number of hydrogen-bond acceptors (Lipinski definition) is 4. The SMILES string of the molecule is CC[C@H](C)[C@@H](C(N)=O)N(Cc1c(F)cccc1F)C[C@@H]1C[C@H](S)CN1. The molecule has 1 aliphatic rings. The van der Waals surface area contributed by atoms with E-state index in [0.717, 1.165) is 19.4 Å². The van der Waals surface area contributed by atoms with Gasteiger partial charge >= 0.3 is 0 Å². The Kier molecular flexibility index (Phi) is 7.22. The predicted octanol–water partition coefficient (Wildman–Crippen LogP) is 2.33. The second-order valence-electron chi connectivity index (χ2n) is 6.86. The highest BCUT2D eigenvalue weighted by Crippen LogP contribution is 2.23. The van der Waals surface area contributed by atoms with E-state index in [1.54, 1.807) is 0 Å². The maximum absolute atomic E-state index is 14.1. The molecular weight excluding hydrogens is 344 g/mol. The number of primary amides is 1. The number of thiol groups is 1. The number of nitrogens with two attached hydrogens (primary N) is 1. The fraction of sp³-hybridized carbons (Fsp3) is 0.611. The first-order valence-corrected chi connectivity index (χ1v) is 9.22. The van der Waals surface area contributed by atoms with Crippen molar-refractivity contribution in [1.29, 1.82) is 0 Å². The van der Waals surface area contributed by atoms with Gasteiger partial charge in [0.1, 0.15) is 11.6 Å². The van der Waals surface area contributed by atoms with Crippen molar-refractivity contribution < 1.29 is 13.6 Å². The first-order valence-electron chi connectivity index (χ1n) is 8.71. The summed E-state index contributed by atoms with van der Waals surface area (Å²) in [5.41, 5.74) is 5.61. The lowest BCUT2D eigenvalue weighted by Gasteiger charge is -2.35. The molecule has 1 saturated heterocycles. The molecule has 7 heteroatoms. The lowest BCUT2D eigenvalue weighted by Crippen LogP contribution is -2.52. The summed E-state index contributed by atoms with van der Waals surface area (Å²) in [4.78, 5) is 13.9. The summed E-state index contributed by atoms with van der Waals surface area (Å²) >= 11 is 4.46. The quantitative estimate of drug-likeness (QED) is 0.615. The first kappa shape index (κ1) is 20.1. The molecule has 0 aliphatic carbocycles. The van der Waals surface area contributed by atoms with Gasteiger partial charge in [-0.25, -0.2) is 8.78 Å². The molecule has 0 unspecified atom stereocenters. The zero-order valence-corrected chi connectivity index (χ0v) is 15.6. The molecule has 1 aromatic carbocycles. The maximum atomic E-state index is 14.1. The fourth-order valence-corrected chi connectivity index (χ4v) is 3.79. The molecule has 1 aromatic rings. The Labute approximate surface area is 153 Å². The van der Waals surface area contributed by atoms with Gasteiger partial charge in [-0.3, -0.25) is 9.69 Å². The molecule has 1 heterocycles. The van der Waals surface area contributed by atoms with E-state index < -0.39 is 23.6 Å². The van der Waals surface area contributed by atoms with Crippen LogP contribution >= 0.6 is 12.6 Å². The number of hydrogen-bond donors (Lipinski definition) is 3. The van der Waals surface area contributed by atoms with Crippen LogP contribution in [-0.2, 0) is 11.3 Å². The van der Waals surface area contributed by atoms with Crippen LogP contribution in [0.5, 0.6) is 0 Å². The van der Waals surface area contributed by atoms with Crippen molar-refractivity contribution in [2.24, 2.45) is 11.7 Å². The highest BCUT2D eigenvalue weighted by atomic mass is 32.1. The highest BCUT2D eigenvalue weighted by molar-refractivity contribution is 7.81. The van der Waals surface area contributed by atoms with E-state index >= 15 is 0 Å². The van der Waals surface area contributed by atoms with Crippen LogP contribution in [0.1, 0.15) is 32.3 Å². The van der Waals surface area contributed by atoms with E-state index in [-0.39, 0.29) is 29.3 Å². The van der Waals surface area contributed by atoms with Crippen LogP contribution in [0.15, 0.2) is 18.2 Å². The second-order valence-corrected chi connectivity index (χ2v) is 7.59. The van der Waals surface area contributed by atoms with Gasteiger partial charge in [0.25, 0.3) is 0 Å². The topological polar surface area (TPSA) is 58.4 Å². The summed E-state index contributed by atoms with van der Waals surface area (Å²) in [6.07, 6.45) is 1.59. The zero-order chi connectivity index (χ0) is 18.6. The molecule has 0 aromatic heterocycles. The van der Waals surface area contributed by atoms with Crippen molar-refractivity contribution in [1.82, 2.24) is 10.2 Å². The normalized spacial score (nSPS) is 23.0. The Morgan fingerprint density at radius 3 is 2.56 bits per heavy atom. The van der Waals surface area contributed by atoms with Crippen LogP contribution in [-0.4, -0.2) is 41.2 Å². The number of nitrogens with one attached hydrogen (secondary N) is 1. The molecule has 4 nitrogen and oxygen atoms in total. The summed E-state index contributed by atoms with van der Waals surface area (Å²) in [7, 11) is 0. The minimum absolute atomic E-state index is 0.00582. The number of carbonyl (C=O) groups is 1. The smallest absolute Gasteiger partial charge is 0.235 e. The van der Waals surface area contributed by atoms with Crippen LogP contribution in [0.3, 0.4) is 0 Å². The lowest BCUT2D eigenvalue weighted by molar-refractivity contribution is -0.125. The molecule has 4 atom stereocenters. The Balaban J connectivity index is 2.28. The fourth-order valence-electron chi connectivity index (χ4n) is 3.43. The van der Waals surface area contributed by atoms with Gasteiger partial charge in [0, 0.05) is 36.5 Å². The largest absolute Gasteiger partial charge is 0.368 e. The minimum Gasteiger partial charge on any atom is -0.368 e. The molecule has 1 amide bonds. The molecule has 0 spiro atoms. The average Bonchev–Trinajstić information content (AvgIpc) is 2.95. The third kappa shape index (κ3) is 5.15. The molecule has 1 fully saturated rings. The standard InChI is InChI=1S/C18H27F2N3OS/c1-3-11(2)17(18(21)24)23(9-12-7-13(25)8-22-12)10-14-15(19)5-4-6-16(14)20/h4-6,11-13,17,22,25H,3,7-10H2,1-2H3,(H2,21,24)/t11-,12-,13-,17-/m0/s1. The van der Waals surface area contributed by atoms with Crippen molar-refractivity contribution in [2.75, 3.05) is 13.1 Å². The van der Waals surface area contributed by atoms with E-state index in [1.807, 2.05) is 18.7 Å². The van der Waals surface area contributed by atoms with Gasteiger partial charge in [-0.2, -0.15) is 12.6 Å². The second kappa shape index (κ2) is 8.96. The number of carbonyl (C=O) groups excluding carboxylic acids is 1. The molecule has 140 valence electrons. The van der Waals surface area contributed by atoms with Gasteiger partial charge in [-0.15, -0.1) is 0 Å². The highest BCUT2D eigenvalue weighted by Gasteiger charge is 2.33. The third-order valence-corrected chi connectivity index (χ3v) is 5.34. The van der Waals surface area contributed by atoms with Gasteiger partial charge < -0.3 is 11.1 Å². The van der Waals surface area contributed by atoms with E-state index in [0.29, 0.717) is 6.54 Å². The summed E-state index contributed by atoms with van der Waals surface area (Å²) in [5.74, 6) is -1.69. The monoisotopic (exact) mass is 371 g/mol. The average molecular weight is 371 g/mol. The number of rotatable bonds is 8. The Morgan fingerprint density at radius 2 is 2.08 bits per heavy atom. The van der Waals surface area contributed by atoms with Gasteiger partial charge in [0.05, 0.1) is 6.04 Å². The molecule has 0 saturated carbocycles. The first-order chi connectivity index (χ1) is 11.8. The van der Waals surface area contributed by atoms with Crippen LogP contribution in [0.25, 0.3) is 0 Å². The molecule has 3 N–H and O–H groups in total. The van der Waals surface area contributed by atoms with Crippen molar-refractivity contribution in [3.05, 3.63) is 35.4 Å². The molecule has 1 aliphatic heterocycles. The minimum atomic E-state index is -0.608. The molecule has 2 rings (SSSR count). The molecule has 0 radical (unpaired) electrons. The number of nitrogens with zero attached hydrogens (tertiary/aromatic N) is 1. The maximum Gasteiger partial charge on any atom is 0.235 e. The molecular formula is C18H27F2N3OS. The van der Waals surface area contributed by atoms with Crippen molar-refractivity contribution in [3.8, 4) is 0 Å². The number of benzene rings is 1. The van der Waals surface area contributed by atoms with Crippen LogP contribution in [0.2, 0.25) is 0 Å². The number of halogens is 2. The van der Waals surface area contributed by atoms with Crippen molar-refractivity contribution >= 4 is 18.5 Å². The lowest BCUT2D eigenvalue weighted by atomic mass is 9.95. The molecule has 25 heavy (non-hydrogen) atoms. The van der Waals surface area contributed by atoms with E-state index in [2.05, 4.69) is 17.9 Å². The van der Waals surface area contributed by atoms with Gasteiger partial charge in [-0.1, -0.05) is 26.3 Å². The summed E-state index contributed by atoms with van der Waals surface area (Å²) in [6, 6.07) is 3.34. The summed E-state index contributed by atoms with van der Waals surface area (Å²) in [5, 5.41) is 3.59. The van der Waals surface area contributed by atoms with E-state index in [1.165, 1.54) is 18.2 Å². The van der Waals surface area contributed by atoms with Crippen LogP contribution < -0.4 is 11.1 Å².